The van der Waals surface area contributed by atoms with Gasteiger partial charge in [-0.1, -0.05) is 30.3 Å². The molecule has 2 atom stereocenters. The molecule has 2 aromatic carbocycles. The van der Waals surface area contributed by atoms with Gasteiger partial charge in [-0.05, 0) is 73.5 Å². The summed E-state index contributed by atoms with van der Waals surface area (Å²) in [7, 11) is 0. The summed E-state index contributed by atoms with van der Waals surface area (Å²) in [6, 6.07) is 15.9. The number of fused-ring (bicyclic) bond motifs is 1. The van der Waals surface area contributed by atoms with Crippen LogP contribution in [0, 0.1) is 11.3 Å². The Labute approximate surface area is 140 Å². The van der Waals surface area contributed by atoms with Crippen molar-refractivity contribution < 1.29 is 5.11 Å². The third kappa shape index (κ3) is 2.34. The number of aliphatic hydroxyl groups excluding tert-OH is 1. The van der Waals surface area contributed by atoms with Crippen molar-refractivity contribution >= 4 is 31.9 Å². The molecule has 0 heterocycles. The van der Waals surface area contributed by atoms with E-state index in [1.807, 2.05) is 42.5 Å². The maximum absolute atomic E-state index is 10.9. The number of nitrogens with zero attached hydrogens (tertiary/aromatic N) is 1. The van der Waals surface area contributed by atoms with Crippen LogP contribution in [0.2, 0.25) is 0 Å². The first kappa shape index (κ1) is 14.8. The van der Waals surface area contributed by atoms with E-state index in [4.69, 9.17) is 0 Å². The fourth-order valence-corrected chi connectivity index (χ4v) is 3.71. The van der Waals surface area contributed by atoms with E-state index in [0.29, 0.717) is 6.42 Å². The summed E-state index contributed by atoms with van der Waals surface area (Å²) in [5.41, 5.74) is 2.01. The maximum atomic E-state index is 10.9. The average Bonchev–Trinajstić information content (AvgIpc) is 2.89. The zero-order valence-corrected chi connectivity index (χ0v) is 14.4. The molecule has 1 aliphatic rings. The molecule has 0 bridgehead atoms. The van der Waals surface area contributed by atoms with Crippen LogP contribution in [-0.2, 0) is 11.8 Å². The van der Waals surface area contributed by atoms with Gasteiger partial charge in [-0.15, -0.1) is 0 Å². The van der Waals surface area contributed by atoms with Crippen molar-refractivity contribution in [2.24, 2.45) is 0 Å². The number of halogens is 2. The van der Waals surface area contributed by atoms with Gasteiger partial charge in [-0.25, -0.2) is 0 Å². The van der Waals surface area contributed by atoms with Crippen LogP contribution in [0.25, 0.3) is 0 Å². The van der Waals surface area contributed by atoms with Gasteiger partial charge in [0.25, 0.3) is 0 Å². The van der Waals surface area contributed by atoms with Crippen LogP contribution in [0.15, 0.2) is 51.4 Å². The van der Waals surface area contributed by atoms with Crippen LogP contribution < -0.4 is 0 Å². The molecule has 0 saturated carbocycles. The molecule has 0 amide bonds. The summed E-state index contributed by atoms with van der Waals surface area (Å²) in [4.78, 5) is 0. The fraction of sp³-hybridized carbons (Fsp3) is 0.235. The summed E-state index contributed by atoms with van der Waals surface area (Å²) >= 11 is 6.88. The van der Waals surface area contributed by atoms with E-state index in [1.165, 1.54) is 0 Å². The summed E-state index contributed by atoms with van der Waals surface area (Å²) in [5, 5.41) is 20.7. The Balaban J connectivity index is 2.09. The number of aryl methyl sites for hydroxylation is 1. The third-order valence-electron chi connectivity index (χ3n) is 4.21. The summed E-state index contributed by atoms with van der Waals surface area (Å²) < 4.78 is 1.80. The highest BCUT2D eigenvalue weighted by molar-refractivity contribution is 9.13. The van der Waals surface area contributed by atoms with E-state index >= 15 is 0 Å². The van der Waals surface area contributed by atoms with Gasteiger partial charge < -0.3 is 5.11 Å². The van der Waals surface area contributed by atoms with Crippen molar-refractivity contribution in [2.75, 3.05) is 0 Å². The van der Waals surface area contributed by atoms with E-state index in [-0.39, 0.29) is 0 Å². The van der Waals surface area contributed by atoms with Gasteiger partial charge in [0, 0.05) is 8.95 Å². The summed E-state index contributed by atoms with van der Waals surface area (Å²) in [6.45, 7) is 0. The number of rotatable bonds is 2. The third-order valence-corrected chi connectivity index (χ3v) is 6.09. The van der Waals surface area contributed by atoms with Crippen LogP contribution in [0.1, 0.15) is 29.2 Å². The lowest BCUT2D eigenvalue weighted by molar-refractivity contribution is 0.111. The molecule has 0 radical (unpaired) electrons. The molecule has 0 aliphatic heterocycles. The molecular weight excluding hydrogens is 394 g/mol. The van der Waals surface area contributed by atoms with Gasteiger partial charge in [-0.2, -0.15) is 5.26 Å². The Morgan fingerprint density at radius 1 is 1.14 bits per heavy atom. The maximum Gasteiger partial charge on any atom is 0.113 e. The Bertz CT molecular complexity index is 738. The van der Waals surface area contributed by atoms with Gasteiger partial charge in [0.05, 0.1) is 6.07 Å². The standard InChI is InChI=1S/C17H13Br2NO/c18-14-6-5-12(9-15(14)19)16(21)17(10-20)8-7-11-3-1-2-4-13(11)17/h1-6,9,16,21H,7-8H2. The van der Waals surface area contributed by atoms with E-state index in [9.17, 15) is 10.4 Å². The number of aliphatic hydroxyl groups is 1. The second kappa shape index (κ2) is 5.57. The molecule has 0 spiro atoms. The van der Waals surface area contributed by atoms with Crippen LogP contribution in [0.5, 0.6) is 0 Å². The van der Waals surface area contributed by atoms with Crippen LogP contribution >= 0.6 is 31.9 Å². The van der Waals surface area contributed by atoms with Gasteiger partial charge in [0.2, 0.25) is 0 Å². The average molecular weight is 407 g/mol. The first-order valence-corrected chi connectivity index (χ1v) is 8.30. The monoisotopic (exact) mass is 405 g/mol. The number of hydrogen-bond donors (Lipinski definition) is 1. The first-order valence-electron chi connectivity index (χ1n) is 6.71. The minimum Gasteiger partial charge on any atom is -0.386 e. The Morgan fingerprint density at radius 2 is 1.90 bits per heavy atom. The number of benzene rings is 2. The molecular formula is C17H13Br2NO. The molecule has 0 fully saturated rings. The highest BCUT2D eigenvalue weighted by Gasteiger charge is 2.45. The second-order valence-electron chi connectivity index (χ2n) is 5.32. The van der Waals surface area contributed by atoms with Gasteiger partial charge in [0.1, 0.15) is 11.5 Å². The summed E-state index contributed by atoms with van der Waals surface area (Å²) in [5.74, 6) is 0. The Kier molecular flexibility index (Phi) is 3.92. The SMILES string of the molecule is N#CC1(C(O)c2ccc(Br)c(Br)c2)CCc2ccccc21. The van der Waals surface area contributed by atoms with Crippen molar-refractivity contribution in [2.45, 2.75) is 24.4 Å². The first-order chi connectivity index (χ1) is 10.1. The van der Waals surface area contributed by atoms with Crippen LogP contribution in [-0.4, -0.2) is 5.11 Å². The lowest BCUT2D eigenvalue weighted by Crippen LogP contribution is -2.29. The van der Waals surface area contributed by atoms with Gasteiger partial charge in [-0.3, -0.25) is 0 Å². The van der Waals surface area contributed by atoms with Crippen LogP contribution in [0.3, 0.4) is 0 Å². The molecule has 2 nitrogen and oxygen atoms in total. The molecule has 106 valence electrons. The van der Waals surface area contributed by atoms with E-state index in [0.717, 1.165) is 32.1 Å². The predicted molar refractivity (Wildman–Crippen MR) is 88.9 cm³/mol. The van der Waals surface area contributed by atoms with Crippen molar-refractivity contribution in [3.63, 3.8) is 0 Å². The summed E-state index contributed by atoms with van der Waals surface area (Å²) in [6.07, 6.45) is 0.645. The molecule has 3 rings (SSSR count). The second-order valence-corrected chi connectivity index (χ2v) is 7.03. The molecule has 2 aromatic rings. The normalized spacial score (nSPS) is 21.6. The molecule has 21 heavy (non-hydrogen) atoms. The molecule has 0 aromatic heterocycles. The van der Waals surface area contributed by atoms with Crippen molar-refractivity contribution in [1.29, 1.82) is 5.26 Å². The molecule has 1 aliphatic carbocycles. The highest BCUT2D eigenvalue weighted by atomic mass is 79.9. The molecule has 0 saturated heterocycles. The number of nitriles is 1. The highest BCUT2D eigenvalue weighted by Crippen LogP contribution is 2.47. The lowest BCUT2D eigenvalue weighted by atomic mass is 9.75. The minimum atomic E-state index is -0.857. The van der Waals surface area contributed by atoms with Gasteiger partial charge in [0.15, 0.2) is 0 Å². The minimum absolute atomic E-state index is 0.650. The smallest absolute Gasteiger partial charge is 0.113 e. The van der Waals surface area contributed by atoms with Crippen molar-refractivity contribution in [1.82, 2.24) is 0 Å². The van der Waals surface area contributed by atoms with Gasteiger partial charge >= 0.3 is 0 Å². The Hall–Kier alpha value is -1.15. The van der Waals surface area contributed by atoms with Crippen LogP contribution in [0.4, 0.5) is 0 Å². The Morgan fingerprint density at radius 3 is 2.62 bits per heavy atom. The van der Waals surface area contributed by atoms with Crippen molar-refractivity contribution in [3.8, 4) is 6.07 Å². The zero-order valence-electron chi connectivity index (χ0n) is 11.2. The molecule has 2 unspecified atom stereocenters. The van der Waals surface area contributed by atoms with E-state index in [2.05, 4.69) is 37.9 Å². The quantitative estimate of drug-likeness (QED) is 0.788. The number of hydrogen-bond acceptors (Lipinski definition) is 2. The van der Waals surface area contributed by atoms with Crippen molar-refractivity contribution in [3.05, 3.63) is 68.1 Å². The lowest BCUT2D eigenvalue weighted by Gasteiger charge is -2.29. The topological polar surface area (TPSA) is 44.0 Å². The molecule has 1 N–H and O–H groups in total. The zero-order chi connectivity index (χ0) is 15.0. The predicted octanol–water partition coefficient (Wildman–Crippen LogP) is 4.65. The largest absolute Gasteiger partial charge is 0.386 e. The van der Waals surface area contributed by atoms with E-state index < -0.39 is 11.5 Å². The fourth-order valence-electron chi connectivity index (χ4n) is 3.07. The molecule has 4 heteroatoms. The van der Waals surface area contributed by atoms with E-state index in [1.54, 1.807) is 0 Å².